The minimum Gasteiger partial charge on any atom is -0.478 e. The first-order valence-electron chi connectivity index (χ1n) is 10.4. The Morgan fingerprint density at radius 3 is 2.22 bits per heavy atom. The summed E-state index contributed by atoms with van der Waals surface area (Å²) in [5.74, 6) is -2.19. The van der Waals surface area contributed by atoms with Gasteiger partial charge in [0, 0.05) is 19.2 Å². The van der Waals surface area contributed by atoms with Gasteiger partial charge in [0.1, 0.15) is 5.75 Å². The number of sulfonamides is 1. The van der Waals surface area contributed by atoms with Crippen molar-refractivity contribution in [2.45, 2.75) is 24.6 Å². The van der Waals surface area contributed by atoms with Gasteiger partial charge in [0.05, 0.1) is 10.5 Å². The number of alkyl halides is 3. The molecule has 3 rings (SSSR count). The molecular formula is C24H23F3N2O6S. The molecule has 0 unspecified atom stereocenters. The summed E-state index contributed by atoms with van der Waals surface area (Å²) in [6.07, 6.45) is -4.50. The maximum absolute atomic E-state index is 12.5. The maximum atomic E-state index is 12.5. The predicted octanol–water partition coefficient (Wildman–Crippen LogP) is 4.61. The summed E-state index contributed by atoms with van der Waals surface area (Å²) >= 11 is 0. The third-order valence-corrected chi connectivity index (χ3v) is 6.48. The van der Waals surface area contributed by atoms with E-state index in [0.717, 1.165) is 23.8 Å². The summed E-state index contributed by atoms with van der Waals surface area (Å²) in [5.41, 5.74) is 1.67. The van der Waals surface area contributed by atoms with Gasteiger partial charge in [-0.2, -0.15) is 0 Å². The number of nitrogens with one attached hydrogen (secondary N) is 2. The second-order valence-electron chi connectivity index (χ2n) is 7.65. The van der Waals surface area contributed by atoms with Gasteiger partial charge in [-0.1, -0.05) is 18.2 Å². The molecule has 0 aromatic heterocycles. The molecule has 0 heterocycles. The highest BCUT2D eigenvalue weighted by Crippen LogP contribution is 2.23. The van der Waals surface area contributed by atoms with Crippen molar-refractivity contribution in [1.29, 1.82) is 0 Å². The van der Waals surface area contributed by atoms with Crippen LogP contribution in [0.5, 0.6) is 5.75 Å². The molecule has 0 aliphatic carbocycles. The summed E-state index contributed by atoms with van der Waals surface area (Å²) in [6.45, 7) is 1.62. The number of carboxylic acids is 1. The lowest BCUT2D eigenvalue weighted by molar-refractivity contribution is -0.274. The van der Waals surface area contributed by atoms with Crippen LogP contribution in [0.25, 0.3) is 0 Å². The van der Waals surface area contributed by atoms with Gasteiger partial charge in [0.15, 0.2) is 0 Å². The van der Waals surface area contributed by atoms with E-state index in [2.05, 4.69) is 14.8 Å². The van der Waals surface area contributed by atoms with Crippen LogP contribution in [-0.4, -0.2) is 38.3 Å². The molecule has 3 aromatic carbocycles. The number of aromatic carboxylic acids is 1. The lowest BCUT2D eigenvalue weighted by Crippen LogP contribution is -2.26. The highest BCUT2D eigenvalue weighted by molar-refractivity contribution is 7.89. The number of halogens is 3. The lowest BCUT2D eigenvalue weighted by atomic mass is 10.1. The number of aryl methyl sites for hydroxylation is 1. The average Bonchev–Trinajstić information content (AvgIpc) is 2.79. The monoisotopic (exact) mass is 524 g/mol. The summed E-state index contributed by atoms with van der Waals surface area (Å²) in [7, 11) is -3.91. The van der Waals surface area contributed by atoms with Crippen LogP contribution in [-0.2, 0) is 16.4 Å². The van der Waals surface area contributed by atoms with Gasteiger partial charge < -0.3 is 15.2 Å². The molecule has 1 amide bonds. The molecule has 0 atom stereocenters. The fraction of sp³-hybridized carbons (Fsp3) is 0.167. The SMILES string of the molecule is Cc1ccc(S(=O)(=O)NCCc2ccc(NC(=O)c3ccc(OC(F)(F)F)cc3)cc2)cc1C(=O)O.[HH]. The molecular weight excluding hydrogens is 501 g/mol. The van der Waals surface area contributed by atoms with E-state index in [1.807, 2.05) is 0 Å². The summed E-state index contributed by atoms with van der Waals surface area (Å²) < 4.78 is 67.9. The second-order valence-corrected chi connectivity index (χ2v) is 9.42. The van der Waals surface area contributed by atoms with E-state index in [9.17, 15) is 36.3 Å². The van der Waals surface area contributed by atoms with Crippen molar-refractivity contribution >= 4 is 27.6 Å². The number of carboxylic acid groups (broad SMARTS) is 1. The molecule has 0 radical (unpaired) electrons. The van der Waals surface area contributed by atoms with Gasteiger partial charge in [-0.3, -0.25) is 4.79 Å². The van der Waals surface area contributed by atoms with Gasteiger partial charge in [0.25, 0.3) is 5.91 Å². The molecule has 0 saturated heterocycles. The Hall–Kier alpha value is -3.90. The number of rotatable bonds is 9. The first-order valence-corrected chi connectivity index (χ1v) is 11.9. The van der Waals surface area contributed by atoms with Crippen LogP contribution >= 0.6 is 0 Å². The van der Waals surface area contributed by atoms with Crippen LogP contribution in [0.2, 0.25) is 0 Å². The van der Waals surface area contributed by atoms with E-state index in [1.54, 1.807) is 31.2 Å². The topological polar surface area (TPSA) is 122 Å². The zero-order valence-corrected chi connectivity index (χ0v) is 19.6. The minimum atomic E-state index is -4.82. The van der Waals surface area contributed by atoms with Crippen LogP contribution < -0.4 is 14.8 Å². The summed E-state index contributed by atoms with van der Waals surface area (Å²) in [5, 5.41) is 11.8. The molecule has 8 nitrogen and oxygen atoms in total. The highest BCUT2D eigenvalue weighted by atomic mass is 32.2. The van der Waals surface area contributed by atoms with E-state index in [0.29, 0.717) is 17.7 Å². The zero-order valence-electron chi connectivity index (χ0n) is 18.8. The third kappa shape index (κ3) is 7.30. The molecule has 0 saturated carbocycles. The number of hydrogen-bond donors (Lipinski definition) is 3. The number of anilines is 1. The Bertz CT molecular complexity index is 1360. The largest absolute Gasteiger partial charge is 0.573 e. The standard InChI is InChI=1S/C24H21F3N2O6S.H2/c1-15-2-11-20(14-21(15)23(31)32)36(33,34)28-13-12-16-3-7-18(8-4-16)29-22(30)17-5-9-19(10-6-17)35-24(25,26)27;/h2-11,14,28H,12-13H2,1H3,(H,29,30)(H,31,32);1H. The van der Waals surface area contributed by atoms with Gasteiger partial charge >= 0.3 is 12.3 Å². The van der Waals surface area contributed by atoms with E-state index in [4.69, 9.17) is 0 Å². The minimum absolute atomic E-state index is 0. The fourth-order valence-corrected chi connectivity index (χ4v) is 4.24. The van der Waals surface area contributed by atoms with E-state index in [-0.39, 0.29) is 24.0 Å². The van der Waals surface area contributed by atoms with Crippen molar-refractivity contribution in [1.82, 2.24) is 4.72 Å². The lowest BCUT2D eigenvalue weighted by Gasteiger charge is -2.10. The third-order valence-electron chi connectivity index (χ3n) is 5.02. The molecule has 12 heteroatoms. The fourth-order valence-electron chi connectivity index (χ4n) is 3.18. The van der Waals surface area contributed by atoms with Crippen LogP contribution in [0.4, 0.5) is 18.9 Å². The smallest absolute Gasteiger partial charge is 0.478 e. The zero-order chi connectivity index (χ0) is 26.5. The molecule has 0 spiro atoms. The van der Waals surface area contributed by atoms with Gasteiger partial charge in [-0.25, -0.2) is 17.9 Å². The van der Waals surface area contributed by atoms with Gasteiger partial charge in [-0.15, -0.1) is 13.2 Å². The second kappa shape index (κ2) is 10.8. The van der Waals surface area contributed by atoms with Crippen molar-refractivity contribution in [3.05, 3.63) is 89.0 Å². The Morgan fingerprint density at radius 1 is 1.00 bits per heavy atom. The first-order chi connectivity index (χ1) is 16.8. The summed E-state index contributed by atoms with van der Waals surface area (Å²) in [6, 6.07) is 14.9. The van der Waals surface area contributed by atoms with Crippen molar-refractivity contribution < 1.29 is 42.4 Å². The molecule has 3 N–H and O–H groups in total. The molecule has 3 aromatic rings. The van der Waals surface area contributed by atoms with Crippen molar-refractivity contribution in [3.63, 3.8) is 0 Å². The van der Waals surface area contributed by atoms with Crippen LogP contribution in [0.3, 0.4) is 0 Å². The average molecular weight is 525 g/mol. The number of benzene rings is 3. The highest BCUT2D eigenvalue weighted by Gasteiger charge is 2.31. The first kappa shape index (κ1) is 26.7. The van der Waals surface area contributed by atoms with Crippen molar-refractivity contribution in [2.75, 3.05) is 11.9 Å². The normalized spacial score (nSPS) is 11.7. The molecule has 0 fully saturated rings. The van der Waals surface area contributed by atoms with Gasteiger partial charge in [-0.05, 0) is 73.0 Å². The number of amides is 1. The quantitative estimate of drug-likeness (QED) is 0.376. The maximum Gasteiger partial charge on any atom is 0.573 e. The Morgan fingerprint density at radius 2 is 1.64 bits per heavy atom. The Kier molecular flexibility index (Phi) is 8.00. The van der Waals surface area contributed by atoms with Crippen LogP contribution in [0.1, 0.15) is 33.3 Å². The van der Waals surface area contributed by atoms with Crippen LogP contribution in [0.15, 0.2) is 71.6 Å². The van der Waals surface area contributed by atoms with Crippen molar-refractivity contribution in [2.24, 2.45) is 0 Å². The molecule has 36 heavy (non-hydrogen) atoms. The van der Waals surface area contributed by atoms with E-state index >= 15 is 0 Å². The van der Waals surface area contributed by atoms with E-state index in [1.165, 1.54) is 24.3 Å². The predicted molar refractivity (Wildman–Crippen MR) is 127 cm³/mol. The summed E-state index contributed by atoms with van der Waals surface area (Å²) in [4.78, 5) is 23.4. The molecule has 0 bridgehead atoms. The van der Waals surface area contributed by atoms with Gasteiger partial charge in [0.2, 0.25) is 10.0 Å². The van der Waals surface area contributed by atoms with Crippen LogP contribution in [0, 0.1) is 6.92 Å². The van der Waals surface area contributed by atoms with Crippen molar-refractivity contribution in [3.8, 4) is 5.75 Å². The van der Waals surface area contributed by atoms with E-state index < -0.39 is 34.0 Å². The molecule has 0 aliphatic heterocycles. The Balaban J connectivity index is 0.00000481. The number of carbonyl (C=O) groups is 2. The Labute approximate surface area is 206 Å². The molecule has 192 valence electrons. The number of hydrogen-bond acceptors (Lipinski definition) is 5. The molecule has 0 aliphatic rings. The number of carbonyl (C=O) groups excluding carboxylic acids is 1. The number of ether oxygens (including phenoxy) is 1.